The first-order valence-corrected chi connectivity index (χ1v) is 9.24. The van der Waals surface area contributed by atoms with Crippen molar-refractivity contribution >= 4 is 5.97 Å². The van der Waals surface area contributed by atoms with Crippen molar-refractivity contribution in [3.8, 4) is 0 Å². The zero-order valence-corrected chi connectivity index (χ0v) is 15.4. The Balaban J connectivity index is 1.94. The largest absolute Gasteiger partial charge is 0.459 e. The van der Waals surface area contributed by atoms with Gasteiger partial charge in [0.15, 0.2) is 0 Å². The van der Waals surface area contributed by atoms with Gasteiger partial charge in [-0.2, -0.15) is 0 Å². The van der Waals surface area contributed by atoms with Crippen LogP contribution in [0.3, 0.4) is 0 Å². The van der Waals surface area contributed by atoms with E-state index >= 15 is 0 Å². The number of aliphatic hydroxyl groups excluding tert-OH is 1. The minimum atomic E-state index is -0.697. The molecule has 0 aliphatic carbocycles. The molecule has 1 aliphatic heterocycles. The van der Waals surface area contributed by atoms with Gasteiger partial charge in [-0.1, -0.05) is 32.6 Å². The fourth-order valence-corrected chi connectivity index (χ4v) is 3.06. The van der Waals surface area contributed by atoms with Crippen LogP contribution in [0.1, 0.15) is 63.7 Å². The Morgan fingerprint density at radius 1 is 1.35 bits per heavy atom. The Kier molecular flexibility index (Phi) is 7.59. The number of aryl methyl sites for hydroxylation is 1. The van der Waals surface area contributed by atoms with Crippen molar-refractivity contribution in [2.75, 3.05) is 6.61 Å². The molecule has 1 saturated heterocycles. The summed E-state index contributed by atoms with van der Waals surface area (Å²) in [5, 5.41) is 9.49. The van der Waals surface area contributed by atoms with Gasteiger partial charge in [0, 0.05) is 24.6 Å². The van der Waals surface area contributed by atoms with Gasteiger partial charge in [0.2, 0.25) is 0 Å². The first-order valence-electron chi connectivity index (χ1n) is 9.24. The SMILES string of the molecule is CCCCCCCC(=O)O[C@H]1C[C@H](n2cc(C)c(=O)[nH]c2=O)O[C@@H]1CO. The van der Waals surface area contributed by atoms with Crippen LogP contribution in [-0.2, 0) is 14.3 Å². The number of unbranched alkanes of at least 4 members (excludes halogenated alkanes) is 4. The van der Waals surface area contributed by atoms with Crippen molar-refractivity contribution < 1.29 is 19.4 Å². The lowest BCUT2D eigenvalue weighted by molar-refractivity contribution is -0.153. The van der Waals surface area contributed by atoms with Crippen molar-refractivity contribution in [3.05, 3.63) is 32.6 Å². The summed E-state index contributed by atoms with van der Waals surface area (Å²) in [4.78, 5) is 37.7. The first kappa shape index (κ1) is 20.4. The number of H-pyrrole nitrogens is 1. The third-order valence-corrected chi connectivity index (χ3v) is 4.58. The summed E-state index contributed by atoms with van der Waals surface area (Å²) in [5.74, 6) is -0.320. The quantitative estimate of drug-likeness (QED) is 0.503. The average Bonchev–Trinajstić information content (AvgIpc) is 3.00. The smallest absolute Gasteiger partial charge is 0.330 e. The van der Waals surface area contributed by atoms with E-state index in [-0.39, 0.29) is 19.0 Å². The molecule has 0 aromatic carbocycles. The lowest BCUT2D eigenvalue weighted by Gasteiger charge is -2.16. The predicted molar refractivity (Wildman–Crippen MR) is 94.9 cm³/mol. The van der Waals surface area contributed by atoms with E-state index in [1.165, 1.54) is 10.8 Å². The Morgan fingerprint density at radius 3 is 2.77 bits per heavy atom. The van der Waals surface area contributed by atoms with E-state index in [1.807, 2.05) is 0 Å². The van der Waals surface area contributed by atoms with E-state index in [2.05, 4.69) is 11.9 Å². The van der Waals surface area contributed by atoms with E-state index in [0.717, 1.165) is 32.1 Å². The second-order valence-corrected chi connectivity index (χ2v) is 6.72. The van der Waals surface area contributed by atoms with Gasteiger partial charge in [0.25, 0.3) is 5.56 Å². The molecular formula is C18H28N2O6. The summed E-state index contributed by atoms with van der Waals surface area (Å²) in [5.41, 5.74) is -0.666. The Morgan fingerprint density at radius 2 is 2.08 bits per heavy atom. The van der Waals surface area contributed by atoms with Crippen LogP contribution in [0, 0.1) is 6.92 Å². The van der Waals surface area contributed by atoms with E-state index in [1.54, 1.807) is 6.92 Å². The Labute approximate surface area is 152 Å². The van der Waals surface area contributed by atoms with Crippen molar-refractivity contribution in [3.63, 3.8) is 0 Å². The highest BCUT2D eigenvalue weighted by molar-refractivity contribution is 5.69. The standard InChI is InChI=1S/C18H28N2O6/c1-3-4-5-6-7-8-16(22)26-13-9-15(25-14(13)11-21)20-10-12(2)17(23)19-18(20)24/h10,13-15,21H,3-9,11H2,1-2H3,(H,19,23,24)/t13-,14+,15+/m0/s1. The number of aliphatic hydroxyl groups is 1. The average molecular weight is 368 g/mol. The van der Waals surface area contributed by atoms with Crippen molar-refractivity contribution in [2.45, 2.75) is 77.2 Å². The molecule has 8 nitrogen and oxygen atoms in total. The van der Waals surface area contributed by atoms with Crippen LogP contribution in [-0.4, -0.2) is 39.4 Å². The monoisotopic (exact) mass is 368 g/mol. The number of nitrogens with zero attached hydrogens (tertiary/aromatic N) is 1. The second kappa shape index (κ2) is 9.68. The summed E-state index contributed by atoms with van der Waals surface area (Å²) in [7, 11) is 0. The second-order valence-electron chi connectivity index (χ2n) is 6.72. The van der Waals surface area contributed by atoms with Crippen molar-refractivity contribution in [2.24, 2.45) is 0 Å². The number of esters is 1. The lowest BCUT2D eigenvalue weighted by atomic mass is 10.1. The summed E-state index contributed by atoms with van der Waals surface area (Å²) in [6, 6.07) is 0. The molecule has 0 bridgehead atoms. The van der Waals surface area contributed by atoms with Crippen LogP contribution in [0.4, 0.5) is 0 Å². The van der Waals surface area contributed by atoms with Gasteiger partial charge in [0.05, 0.1) is 6.61 Å². The van der Waals surface area contributed by atoms with E-state index in [0.29, 0.717) is 12.0 Å². The molecular weight excluding hydrogens is 340 g/mol. The number of carbonyl (C=O) groups excluding carboxylic acids is 1. The topological polar surface area (TPSA) is 111 Å². The summed E-state index contributed by atoms with van der Waals surface area (Å²) < 4.78 is 12.4. The zero-order valence-electron chi connectivity index (χ0n) is 15.4. The van der Waals surface area contributed by atoms with Gasteiger partial charge in [0.1, 0.15) is 18.4 Å². The van der Waals surface area contributed by atoms with Gasteiger partial charge < -0.3 is 14.6 Å². The number of rotatable bonds is 9. The van der Waals surface area contributed by atoms with Gasteiger partial charge in [-0.3, -0.25) is 19.1 Å². The number of hydrogen-bond donors (Lipinski definition) is 2. The minimum absolute atomic E-state index is 0.248. The zero-order chi connectivity index (χ0) is 19.1. The molecule has 1 aromatic rings. The Hall–Kier alpha value is -1.93. The van der Waals surface area contributed by atoms with E-state index in [4.69, 9.17) is 9.47 Å². The number of aromatic amines is 1. The molecule has 1 aliphatic rings. The fraction of sp³-hybridized carbons (Fsp3) is 0.722. The van der Waals surface area contributed by atoms with Gasteiger partial charge in [-0.05, 0) is 13.3 Å². The lowest BCUT2D eigenvalue weighted by Crippen LogP contribution is -2.33. The summed E-state index contributed by atoms with van der Waals surface area (Å²) in [6.45, 7) is 3.40. The number of ether oxygens (including phenoxy) is 2. The molecule has 0 unspecified atom stereocenters. The van der Waals surface area contributed by atoms with Crippen LogP contribution in [0.25, 0.3) is 0 Å². The van der Waals surface area contributed by atoms with Gasteiger partial charge in [-0.25, -0.2) is 4.79 Å². The van der Waals surface area contributed by atoms with Gasteiger partial charge >= 0.3 is 11.7 Å². The minimum Gasteiger partial charge on any atom is -0.459 e. The molecule has 1 fully saturated rings. The summed E-state index contributed by atoms with van der Waals surface area (Å²) in [6.07, 6.45) is 5.16. The summed E-state index contributed by atoms with van der Waals surface area (Å²) >= 11 is 0. The normalized spacial score (nSPS) is 22.5. The molecule has 8 heteroatoms. The van der Waals surface area contributed by atoms with Crippen LogP contribution < -0.4 is 11.2 Å². The van der Waals surface area contributed by atoms with Crippen LogP contribution in [0.5, 0.6) is 0 Å². The molecule has 146 valence electrons. The molecule has 2 heterocycles. The molecule has 2 rings (SSSR count). The third-order valence-electron chi connectivity index (χ3n) is 4.58. The van der Waals surface area contributed by atoms with Crippen molar-refractivity contribution in [1.82, 2.24) is 9.55 Å². The van der Waals surface area contributed by atoms with E-state index < -0.39 is 29.7 Å². The number of aromatic nitrogens is 2. The molecule has 0 saturated carbocycles. The molecule has 0 spiro atoms. The maximum Gasteiger partial charge on any atom is 0.330 e. The number of carbonyl (C=O) groups is 1. The molecule has 0 radical (unpaired) electrons. The maximum absolute atomic E-state index is 12.0. The number of nitrogens with one attached hydrogen (secondary N) is 1. The van der Waals surface area contributed by atoms with E-state index in [9.17, 15) is 19.5 Å². The molecule has 1 aromatic heterocycles. The molecule has 0 amide bonds. The number of hydrogen-bond acceptors (Lipinski definition) is 6. The highest BCUT2D eigenvalue weighted by atomic mass is 16.6. The Bertz CT molecular complexity index is 710. The van der Waals surface area contributed by atoms with Gasteiger partial charge in [-0.15, -0.1) is 0 Å². The van der Waals surface area contributed by atoms with Crippen LogP contribution >= 0.6 is 0 Å². The predicted octanol–water partition coefficient (Wildman–Crippen LogP) is 1.40. The van der Waals surface area contributed by atoms with Crippen molar-refractivity contribution in [1.29, 1.82) is 0 Å². The molecule has 2 N–H and O–H groups in total. The maximum atomic E-state index is 12.0. The highest BCUT2D eigenvalue weighted by Gasteiger charge is 2.38. The molecule has 26 heavy (non-hydrogen) atoms. The third kappa shape index (κ3) is 5.28. The molecule has 3 atom stereocenters. The first-order chi connectivity index (χ1) is 12.5. The highest BCUT2D eigenvalue weighted by Crippen LogP contribution is 2.30. The van der Waals surface area contributed by atoms with Crippen LogP contribution in [0.2, 0.25) is 0 Å². The fourth-order valence-electron chi connectivity index (χ4n) is 3.06. The van der Waals surface area contributed by atoms with Crippen LogP contribution in [0.15, 0.2) is 15.8 Å².